The van der Waals surface area contributed by atoms with Crippen LogP contribution in [0.25, 0.3) is 4.85 Å². The Morgan fingerprint density at radius 2 is 1.79 bits per heavy atom. The van der Waals surface area contributed by atoms with Crippen LogP contribution < -0.4 is 10.7 Å². The van der Waals surface area contributed by atoms with Gasteiger partial charge in [-0.25, -0.2) is 21.8 Å². The molecule has 166 valence electrons. The summed E-state index contributed by atoms with van der Waals surface area (Å²) in [4.78, 5) is 40.8. The molecule has 0 spiro atoms. The number of Topliss-reactive ketones (excluding diaryl/α,β-unsaturated/α-hetero) is 1. The first-order valence-corrected chi connectivity index (χ1v) is 11.4. The summed E-state index contributed by atoms with van der Waals surface area (Å²) in [6, 6.07) is -1.45. The third kappa shape index (κ3) is 10.1. The van der Waals surface area contributed by atoms with Crippen molar-refractivity contribution >= 4 is 29.4 Å². The topological polar surface area (TPSA) is 92.1 Å². The Labute approximate surface area is 179 Å². The number of hydrogen-bond donors (Lipinski definition) is 2. The first-order valence-electron chi connectivity index (χ1n) is 10.00. The van der Waals surface area contributed by atoms with Gasteiger partial charge in [-0.3, -0.25) is 9.59 Å². The lowest BCUT2D eigenvalue weighted by Gasteiger charge is -2.32. The Morgan fingerprint density at radius 3 is 2.28 bits per heavy atom. The highest BCUT2D eigenvalue weighted by Gasteiger charge is 2.36. The fourth-order valence-electron chi connectivity index (χ4n) is 2.73. The Kier molecular flexibility index (Phi) is 13.6. The molecule has 0 aliphatic rings. The van der Waals surface area contributed by atoms with E-state index in [-0.39, 0.29) is 31.3 Å². The summed E-state index contributed by atoms with van der Waals surface area (Å²) in [6.45, 7) is 17.4. The Hall–Kier alpha value is -1.63. The van der Waals surface area contributed by atoms with E-state index >= 15 is 0 Å². The number of nitrogens with zero attached hydrogens (tertiary/aromatic N) is 2. The first kappa shape index (κ1) is 27.4. The summed E-state index contributed by atoms with van der Waals surface area (Å²) >= 11 is 1.58. The highest BCUT2D eigenvalue weighted by molar-refractivity contribution is 7.98. The minimum absolute atomic E-state index is 0.210. The average Bonchev–Trinajstić information content (AvgIpc) is 2.68. The number of ether oxygens (including phenoxy) is 1. The number of carbonyl (C=O) groups excluding carboxylic acids is 3. The summed E-state index contributed by atoms with van der Waals surface area (Å²) in [6.07, 6.45) is 2.60. The zero-order valence-corrected chi connectivity index (χ0v) is 19.4. The molecule has 0 aromatic heterocycles. The van der Waals surface area contributed by atoms with E-state index in [0.717, 1.165) is 0 Å². The van der Waals surface area contributed by atoms with Gasteiger partial charge in [-0.1, -0.05) is 27.7 Å². The molecule has 9 heteroatoms. The van der Waals surface area contributed by atoms with Crippen LogP contribution in [0.4, 0.5) is 0 Å². The molecule has 0 fully saturated rings. The molecule has 0 radical (unpaired) electrons. The first-order chi connectivity index (χ1) is 13.7. The van der Waals surface area contributed by atoms with E-state index in [0.29, 0.717) is 25.3 Å². The molecular formula is C20H36N4O4S. The van der Waals surface area contributed by atoms with Gasteiger partial charge >= 0.3 is 5.97 Å². The summed E-state index contributed by atoms with van der Waals surface area (Å²) in [5, 5.41) is 4.67. The van der Waals surface area contributed by atoms with Gasteiger partial charge in [0.1, 0.15) is 12.1 Å². The largest absolute Gasteiger partial charge is 0.464 e. The van der Waals surface area contributed by atoms with E-state index in [1.165, 1.54) is 0 Å². The van der Waals surface area contributed by atoms with Crippen molar-refractivity contribution in [3.63, 3.8) is 0 Å². The maximum Gasteiger partial charge on any atom is 0.328 e. The lowest BCUT2D eigenvalue weighted by Crippen LogP contribution is -2.56. The number of amides is 1. The second kappa shape index (κ2) is 14.4. The second-order valence-electron chi connectivity index (χ2n) is 7.28. The number of nitrogens with one attached hydrogen (secondary N) is 2. The van der Waals surface area contributed by atoms with Crippen LogP contribution in [0.3, 0.4) is 0 Å². The molecule has 0 aliphatic heterocycles. The number of hydrazine groups is 1. The van der Waals surface area contributed by atoms with E-state index < -0.39 is 23.5 Å². The van der Waals surface area contributed by atoms with E-state index in [1.54, 1.807) is 32.5 Å². The van der Waals surface area contributed by atoms with Crippen LogP contribution in [0.15, 0.2) is 0 Å². The van der Waals surface area contributed by atoms with Crippen molar-refractivity contribution in [1.82, 2.24) is 15.8 Å². The molecule has 0 aliphatic carbocycles. The number of carbonyl (C=O) groups is 3. The molecular weight excluding hydrogens is 392 g/mol. The molecule has 0 heterocycles. The molecule has 2 atom stereocenters. The standard InChI is InChI=1S/C20H36N4O4S/c1-8-24(9-2)23-16(13-20(4,5)17(25)14-21-6)18(26)22-15(11-12-29-7)19(27)28-10-3/h15-16,23H,8-14H2,1-5,7H3,(H,22,26)/t15-,16-/m0/s1. The summed E-state index contributed by atoms with van der Waals surface area (Å²) in [5.74, 6) is -0.331. The van der Waals surface area contributed by atoms with Crippen LogP contribution in [-0.4, -0.2) is 73.0 Å². The lowest BCUT2D eigenvalue weighted by atomic mass is 9.81. The summed E-state index contributed by atoms with van der Waals surface area (Å²) in [5.41, 5.74) is 2.32. The van der Waals surface area contributed by atoms with Crippen molar-refractivity contribution in [1.29, 1.82) is 0 Å². The van der Waals surface area contributed by atoms with Crippen LogP contribution in [0.2, 0.25) is 0 Å². The molecule has 29 heavy (non-hydrogen) atoms. The van der Waals surface area contributed by atoms with Crippen molar-refractivity contribution < 1.29 is 19.1 Å². The molecule has 2 N–H and O–H groups in total. The van der Waals surface area contributed by atoms with Gasteiger partial charge in [0.15, 0.2) is 0 Å². The normalized spacial score (nSPS) is 13.4. The monoisotopic (exact) mass is 428 g/mol. The van der Waals surface area contributed by atoms with Gasteiger partial charge in [0, 0.05) is 18.5 Å². The zero-order chi connectivity index (χ0) is 22.4. The number of ketones is 1. The maximum absolute atomic E-state index is 13.1. The van der Waals surface area contributed by atoms with E-state index in [4.69, 9.17) is 11.3 Å². The van der Waals surface area contributed by atoms with Crippen LogP contribution in [0.5, 0.6) is 0 Å². The third-order valence-corrected chi connectivity index (χ3v) is 5.25. The highest BCUT2D eigenvalue weighted by Crippen LogP contribution is 2.24. The van der Waals surface area contributed by atoms with Gasteiger partial charge < -0.3 is 14.9 Å². The molecule has 0 unspecified atom stereocenters. The molecule has 8 nitrogen and oxygen atoms in total. The Morgan fingerprint density at radius 1 is 1.17 bits per heavy atom. The fourth-order valence-corrected chi connectivity index (χ4v) is 3.20. The molecule has 0 saturated heterocycles. The molecule has 0 saturated carbocycles. The predicted octanol–water partition coefficient (Wildman–Crippen LogP) is 1.91. The Balaban J connectivity index is 5.50. The maximum atomic E-state index is 13.1. The van der Waals surface area contributed by atoms with Crippen molar-refractivity contribution in [3.8, 4) is 0 Å². The van der Waals surface area contributed by atoms with Crippen molar-refractivity contribution in [2.45, 2.75) is 59.5 Å². The number of hydrogen-bond acceptors (Lipinski definition) is 7. The van der Waals surface area contributed by atoms with Gasteiger partial charge in [-0.15, -0.1) is 0 Å². The molecule has 0 aromatic rings. The summed E-state index contributed by atoms with van der Waals surface area (Å²) in [7, 11) is 0. The van der Waals surface area contributed by atoms with Gasteiger partial charge in [0.05, 0.1) is 6.61 Å². The highest BCUT2D eigenvalue weighted by atomic mass is 32.2. The minimum Gasteiger partial charge on any atom is -0.464 e. The minimum atomic E-state index is -0.856. The molecule has 1 amide bonds. The number of thioether (sulfide) groups is 1. The van der Waals surface area contributed by atoms with Crippen molar-refractivity contribution in [2.75, 3.05) is 38.2 Å². The number of esters is 1. The van der Waals surface area contributed by atoms with Gasteiger partial charge in [-0.2, -0.15) is 11.8 Å². The van der Waals surface area contributed by atoms with Crippen LogP contribution in [0, 0.1) is 12.0 Å². The third-order valence-electron chi connectivity index (χ3n) is 4.61. The Bertz CT molecular complexity index is 573. The van der Waals surface area contributed by atoms with E-state index in [2.05, 4.69) is 15.6 Å². The van der Waals surface area contributed by atoms with E-state index in [9.17, 15) is 14.4 Å². The summed E-state index contributed by atoms with van der Waals surface area (Å²) < 4.78 is 5.10. The van der Waals surface area contributed by atoms with Crippen molar-refractivity contribution in [2.24, 2.45) is 5.41 Å². The van der Waals surface area contributed by atoms with Crippen molar-refractivity contribution in [3.05, 3.63) is 11.4 Å². The lowest BCUT2D eigenvalue weighted by molar-refractivity contribution is -0.148. The number of rotatable bonds is 15. The second-order valence-corrected chi connectivity index (χ2v) is 8.26. The SMILES string of the molecule is [C-]#[N+]CC(=O)C(C)(C)C[C@H](NN(CC)CC)C(=O)N[C@@H](CCSC)C(=O)OCC. The zero-order valence-electron chi connectivity index (χ0n) is 18.5. The smallest absolute Gasteiger partial charge is 0.328 e. The van der Waals surface area contributed by atoms with Gasteiger partial charge in [0.25, 0.3) is 6.54 Å². The average molecular weight is 429 g/mol. The van der Waals surface area contributed by atoms with Gasteiger partial charge in [0.2, 0.25) is 11.7 Å². The van der Waals surface area contributed by atoms with E-state index in [1.807, 2.05) is 25.1 Å². The molecule has 0 bridgehead atoms. The van der Waals surface area contributed by atoms with Crippen LogP contribution in [0.1, 0.15) is 47.5 Å². The predicted molar refractivity (Wildman–Crippen MR) is 116 cm³/mol. The van der Waals surface area contributed by atoms with Gasteiger partial charge in [-0.05, 0) is 31.8 Å². The van der Waals surface area contributed by atoms with Crippen LogP contribution >= 0.6 is 11.8 Å². The van der Waals surface area contributed by atoms with Crippen LogP contribution in [-0.2, 0) is 19.1 Å². The molecule has 0 aromatic carbocycles. The molecule has 0 rings (SSSR count). The fraction of sp³-hybridized carbons (Fsp3) is 0.800. The quantitative estimate of drug-likeness (QED) is 0.234.